The Labute approximate surface area is 212 Å². The molecule has 0 saturated carbocycles. The summed E-state index contributed by atoms with van der Waals surface area (Å²) in [7, 11) is 0. The van der Waals surface area contributed by atoms with Gasteiger partial charge >= 0.3 is 0 Å². The molecule has 2 nitrogen and oxygen atoms in total. The van der Waals surface area contributed by atoms with E-state index in [4.69, 9.17) is 0 Å². The van der Waals surface area contributed by atoms with Gasteiger partial charge in [0.25, 0.3) is 0 Å². The molecule has 0 fully saturated rings. The van der Waals surface area contributed by atoms with Gasteiger partial charge in [-0.2, -0.15) is 0 Å². The molecule has 0 spiro atoms. The van der Waals surface area contributed by atoms with E-state index in [2.05, 4.69) is 94.0 Å². The van der Waals surface area contributed by atoms with Gasteiger partial charge in [-0.3, -0.25) is 0 Å². The molecule has 174 valence electrons. The molecule has 0 amide bonds. The lowest BCUT2D eigenvalue weighted by molar-refractivity contribution is 0.372. The van der Waals surface area contributed by atoms with Crippen molar-refractivity contribution in [1.82, 2.24) is 10.6 Å². The highest BCUT2D eigenvalue weighted by Gasteiger charge is 2.15. The Morgan fingerprint density at radius 1 is 1.06 bits per heavy atom. The van der Waals surface area contributed by atoms with Crippen LogP contribution in [0.1, 0.15) is 29.3 Å². The van der Waals surface area contributed by atoms with Gasteiger partial charge in [-0.1, -0.05) is 47.6 Å². The number of rotatable bonds is 12. The second-order valence-corrected chi connectivity index (χ2v) is 11.2. The Hall–Kier alpha value is -1.57. The number of alkyl halides is 2. The maximum absolute atomic E-state index is 13.8. The molecule has 6 heteroatoms. The van der Waals surface area contributed by atoms with Gasteiger partial charge in [0, 0.05) is 38.2 Å². The van der Waals surface area contributed by atoms with E-state index >= 15 is 0 Å². The fourth-order valence-electron chi connectivity index (χ4n) is 4.20. The number of likely N-dealkylation sites (N-methyl/N-ethyl adjacent to an activating group) is 1. The molecular formula is C27H30BrFN2S2. The van der Waals surface area contributed by atoms with Crippen LogP contribution in [0.2, 0.25) is 0 Å². The van der Waals surface area contributed by atoms with E-state index in [1.54, 1.807) is 22.7 Å². The van der Waals surface area contributed by atoms with Gasteiger partial charge < -0.3 is 10.6 Å². The van der Waals surface area contributed by atoms with E-state index in [-0.39, 0.29) is 18.8 Å². The molecule has 2 atom stereocenters. The summed E-state index contributed by atoms with van der Waals surface area (Å²) in [4.78, 5) is 1.23. The Kier molecular flexibility index (Phi) is 8.72. The van der Waals surface area contributed by atoms with Crippen LogP contribution in [-0.2, 0) is 13.0 Å². The fraction of sp³-hybridized carbons (Fsp3) is 0.333. The normalized spacial score (nSPS) is 13.5. The molecule has 0 aliphatic rings. The van der Waals surface area contributed by atoms with E-state index in [1.807, 2.05) is 0 Å². The molecule has 0 saturated heterocycles. The van der Waals surface area contributed by atoms with Gasteiger partial charge in [0.05, 0.1) is 0 Å². The molecule has 2 heterocycles. The van der Waals surface area contributed by atoms with Crippen molar-refractivity contribution < 1.29 is 4.39 Å². The summed E-state index contributed by atoms with van der Waals surface area (Å²) in [5.41, 5.74) is 3.48. The lowest BCUT2D eigenvalue weighted by atomic mass is 9.97. The zero-order valence-corrected chi connectivity index (χ0v) is 22.1. The van der Waals surface area contributed by atoms with Crippen molar-refractivity contribution in [3.63, 3.8) is 0 Å². The smallest absolute Gasteiger partial charge is 0.105 e. The van der Waals surface area contributed by atoms with Crippen LogP contribution in [0.4, 0.5) is 4.39 Å². The highest BCUT2D eigenvalue weighted by molar-refractivity contribution is 9.09. The van der Waals surface area contributed by atoms with Gasteiger partial charge in [0.1, 0.15) is 6.67 Å². The van der Waals surface area contributed by atoms with Crippen LogP contribution >= 0.6 is 38.6 Å². The van der Waals surface area contributed by atoms with Gasteiger partial charge in [0.2, 0.25) is 0 Å². The average molecular weight is 546 g/mol. The van der Waals surface area contributed by atoms with E-state index in [0.717, 1.165) is 23.9 Å². The first-order chi connectivity index (χ1) is 16.1. The predicted octanol–water partition coefficient (Wildman–Crippen LogP) is 7.56. The molecule has 0 radical (unpaired) electrons. The highest BCUT2D eigenvalue weighted by Crippen LogP contribution is 2.30. The minimum absolute atomic E-state index is 0.188. The molecule has 2 aromatic carbocycles. The summed E-state index contributed by atoms with van der Waals surface area (Å²) in [6, 6.07) is 17.5. The van der Waals surface area contributed by atoms with Gasteiger partial charge in [-0.05, 0) is 82.6 Å². The Balaban J connectivity index is 1.42. The Morgan fingerprint density at radius 2 is 1.91 bits per heavy atom. The van der Waals surface area contributed by atoms with Crippen LogP contribution in [0.15, 0.2) is 60.5 Å². The van der Waals surface area contributed by atoms with E-state index in [1.165, 1.54) is 36.2 Å². The Morgan fingerprint density at radius 3 is 2.70 bits per heavy atom. The minimum Gasteiger partial charge on any atom is -0.310 e. The molecule has 2 N–H and O–H groups in total. The number of halogens is 2. The summed E-state index contributed by atoms with van der Waals surface area (Å²) in [6.45, 7) is 7.71. The quantitative estimate of drug-likeness (QED) is 0.180. The monoisotopic (exact) mass is 544 g/mol. The maximum atomic E-state index is 13.8. The predicted molar refractivity (Wildman–Crippen MR) is 149 cm³/mol. The molecule has 0 aliphatic carbocycles. The number of hydrogen-bond donors (Lipinski definition) is 2. The van der Waals surface area contributed by atoms with E-state index in [9.17, 15) is 4.39 Å². The average Bonchev–Trinajstić information content (AvgIpc) is 3.46. The Bertz CT molecular complexity index is 1210. The third kappa shape index (κ3) is 6.11. The number of nitrogens with one attached hydrogen (secondary N) is 2. The first kappa shape index (κ1) is 24.6. The number of thiophene rings is 2. The van der Waals surface area contributed by atoms with Crippen LogP contribution in [0, 0.1) is 0 Å². The maximum Gasteiger partial charge on any atom is 0.105 e. The molecule has 33 heavy (non-hydrogen) atoms. The van der Waals surface area contributed by atoms with E-state index < -0.39 is 0 Å². The van der Waals surface area contributed by atoms with Crippen molar-refractivity contribution in [2.45, 2.75) is 38.4 Å². The van der Waals surface area contributed by atoms with Crippen molar-refractivity contribution in [2.24, 2.45) is 0 Å². The van der Waals surface area contributed by atoms with Crippen LogP contribution in [0.3, 0.4) is 0 Å². The number of hydrogen-bond acceptors (Lipinski definition) is 4. The molecule has 4 rings (SSSR count). The minimum atomic E-state index is -0.379. The van der Waals surface area contributed by atoms with Crippen LogP contribution < -0.4 is 10.6 Å². The number of benzene rings is 2. The molecule has 2 aromatic heterocycles. The van der Waals surface area contributed by atoms with Crippen molar-refractivity contribution in [3.8, 4) is 0 Å². The molecule has 2 unspecified atom stereocenters. The first-order valence-corrected chi connectivity index (χ1v) is 14.2. The van der Waals surface area contributed by atoms with Crippen LogP contribution in [-0.4, -0.2) is 30.6 Å². The zero-order valence-electron chi connectivity index (χ0n) is 18.9. The van der Waals surface area contributed by atoms with Crippen molar-refractivity contribution >= 4 is 64.3 Å². The zero-order chi connectivity index (χ0) is 23.2. The van der Waals surface area contributed by atoms with Crippen molar-refractivity contribution in [2.75, 3.05) is 18.5 Å². The molecular weight excluding hydrogens is 515 g/mol. The molecule has 0 aliphatic heterocycles. The molecule has 4 aromatic rings. The van der Waals surface area contributed by atoms with Crippen molar-refractivity contribution in [3.05, 3.63) is 76.5 Å². The fourth-order valence-corrected chi connectivity index (χ4v) is 6.42. The standard InChI is InChI=1S/C27H30BrFN2S2/c1-3-30-25(8-10-28)18(2)20-5-7-27-22(14-20)15-24(33-27)17-31-23(16-29)13-19-4-6-26-21(12-19)9-11-32-26/h4-7,9,11-12,14-15,23,25,30-31H,2-3,8,10,13,16-17H2,1H3. The summed E-state index contributed by atoms with van der Waals surface area (Å²) in [5, 5.41) is 12.5. The first-order valence-electron chi connectivity index (χ1n) is 11.4. The number of fused-ring (bicyclic) bond motifs is 2. The topological polar surface area (TPSA) is 24.1 Å². The highest BCUT2D eigenvalue weighted by atomic mass is 79.9. The SMILES string of the molecule is C=C(c1ccc2sc(CNC(CF)Cc3ccc4sccc4c3)cc2c1)C(CCBr)NCC. The summed E-state index contributed by atoms with van der Waals surface area (Å²) in [6.07, 6.45) is 1.70. The second kappa shape index (κ2) is 11.7. The second-order valence-electron chi connectivity index (χ2n) is 8.31. The summed E-state index contributed by atoms with van der Waals surface area (Å²) >= 11 is 7.07. The summed E-state index contributed by atoms with van der Waals surface area (Å²) in [5.74, 6) is 0. The van der Waals surface area contributed by atoms with Crippen molar-refractivity contribution in [1.29, 1.82) is 0 Å². The third-order valence-corrected chi connectivity index (χ3v) is 8.43. The largest absolute Gasteiger partial charge is 0.310 e. The van der Waals surface area contributed by atoms with Crippen LogP contribution in [0.5, 0.6) is 0 Å². The van der Waals surface area contributed by atoms with Crippen LogP contribution in [0.25, 0.3) is 25.7 Å². The third-order valence-electron chi connectivity index (χ3n) is 5.96. The summed E-state index contributed by atoms with van der Waals surface area (Å²) < 4.78 is 16.3. The van der Waals surface area contributed by atoms with Gasteiger partial charge in [-0.25, -0.2) is 4.39 Å². The van der Waals surface area contributed by atoms with Gasteiger partial charge in [-0.15, -0.1) is 22.7 Å². The lowest BCUT2D eigenvalue weighted by Crippen LogP contribution is -2.32. The molecule has 0 bridgehead atoms. The van der Waals surface area contributed by atoms with E-state index in [0.29, 0.717) is 13.0 Å². The van der Waals surface area contributed by atoms with Gasteiger partial charge in [0.15, 0.2) is 0 Å². The lowest BCUT2D eigenvalue weighted by Gasteiger charge is -2.20.